The summed E-state index contributed by atoms with van der Waals surface area (Å²) in [6, 6.07) is 1.92. The van der Waals surface area contributed by atoms with E-state index in [0.717, 1.165) is 19.1 Å². The van der Waals surface area contributed by atoms with Crippen LogP contribution < -0.4 is 10.5 Å². The van der Waals surface area contributed by atoms with Gasteiger partial charge in [0.05, 0.1) is 23.4 Å². The summed E-state index contributed by atoms with van der Waals surface area (Å²) < 4.78 is 42.8. The lowest BCUT2D eigenvalue weighted by Gasteiger charge is -2.15. The van der Waals surface area contributed by atoms with Crippen LogP contribution in [0.25, 0.3) is 0 Å². The zero-order chi connectivity index (χ0) is 13.2. The van der Waals surface area contributed by atoms with Gasteiger partial charge in [-0.3, -0.25) is 4.79 Å². The summed E-state index contributed by atoms with van der Waals surface area (Å²) in [6.45, 7) is 3.05. The lowest BCUT2D eigenvalue weighted by atomic mass is 10.0. The number of Topliss-reactive ketones (excluding diaryl/α,β-unsaturated/α-hetero) is 1. The molecule has 0 radical (unpaired) electrons. The van der Waals surface area contributed by atoms with Crippen molar-refractivity contribution in [3.05, 3.63) is 23.3 Å². The smallest absolute Gasteiger partial charge is 0.418 e. The molecule has 94 valence electrons. The molecule has 0 aliphatic heterocycles. The van der Waals surface area contributed by atoms with Gasteiger partial charge in [0.2, 0.25) is 0 Å². The molecule has 6 heteroatoms. The first-order valence-corrected chi connectivity index (χ1v) is 4.92. The second-order valence-electron chi connectivity index (χ2n) is 3.39. The molecule has 17 heavy (non-hydrogen) atoms. The maximum Gasteiger partial charge on any atom is 0.418 e. The minimum Gasteiger partial charge on any atom is -0.493 e. The van der Waals surface area contributed by atoms with Crippen LogP contribution in [0.4, 0.5) is 18.9 Å². The molecule has 0 saturated heterocycles. The lowest BCUT2D eigenvalue weighted by Crippen LogP contribution is -2.13. The maximum absolute atomic E-state index is 12.6. The molecule has 0 saturated carbocycles. The summed E-state index contributed by atoms with van der Waals surface area (Å²) in [7, 11) is 0. The monoisotopic (exact) mass is 247 g/mol. The molecule has 0 atom stereocenters. The molecule has 1 aromatic carbocycles. The van der Waals surface area contributed by atoms with Crippen molar-refractivity contribution >= 4 is 11.5 Å². The highest BCUT2D eigenvalue weighted by atomic mass is 19.4. The van der Waals surface area contributed by atoms with Crippen LogP contribution in [0.5, 0.6) is 5.75 Å². The van der Waals surface area contributed by atoms with Gasteiger partial charge in [-0.15, -0.1) is 0 Å². The quantitative estimate of drug-likeness (QED) is 0.660. The van der Waals surface area contributed by atoms with Gasteiger partial charge in [0.1, 0.15) is 5.75 Å². The summed E-state index contributed by atoms with van der Waals surface area (Å²) in [6.07, 6.45) is -4.58. The number of hydrogen-bond donors (Lipinski definition) is 1. The number of benzene rings is 1. The van der Waals surface area contributed by atoms with E-state index in [1.165, 1.54) is 0 Å². The van der Waals surface area contributed by atoms with Crippen LogP contribution in [0.15, 0.2) is 12.1 Å². The second-order valence-corrected chi connectivity index (χ2v) is 3.39. The third kappa shape index (κ3) is 2.69. The van der Waals surface area contributed by atoms with E-state index in [1.54, 1.807) is 6.92 Å². The Morgan fingerprint density at radius 1 is 1.41 bits per heavy atom. The number of carbonyl (C=O) groups excluding carboxylic acids is 1. The molecule has 0 spiro atoms. The van der Waals surface area contributed by atoms with Crippen LogP contribution in [-0.4, -0.2) is 12.4 Å². The molecule has 0 heterocycles. The fraction of sp³-hybridized carbons (Fsp3) is 0.364. The van der Waals surface area contributed by atoms with Crippen LogP contribution in [0.2, 0.25) is 0 Å². The number of rotatable bonds is 3. The third-order valence-corrected chi connectivity index (χ3v) is 2.16. The average molecular weight is 247 g/mol. The average Bonchev–Trinajstić information content (AvgIpc) is 2.15. The van der Waals surface area contributed by atoms with E-state index in [0.29, 0.717) is 0 Å². The normalized spacial score (nSPS) is 11.4. The number of nitrogens with two attached hydrogens (primary N) is 1. The zero-order valence-corrected chi connectivity index (χ0v) is 9.39. The van der Waals surface area contributed by atoms with Crippen LogP contribution in [0, 0.1) is 0 Å². The SMILES string of the molecule is CCOc1ccc(C(F)(F)F)c(N)c1C(C)=O. The van der Waals surface area contributed by atoms with Crippen LogP contribution in [0.3, 0.4) is 0 Å². The minimum absolute atomic E-state index is 0.0745. The predicted octanol–water partition coefficient (Wildman–Crippen LogP) is 2.89. The topological polar surface area (TPSA) is 52.3 Å². The molecule has 3 nitrogen and oxygen atoms in total. The second kappa shape index (κ2) is 4.65. The van der Waals surface area contributed by atoms with E-state index in [4.69, 9.17) is 10.5 Å². The number of ketones is 1. The van der Waals surface area contributed by atoms with Crippen molar-refractivity contribution < 1.29 is 22.7 Å². The molecule has 0 aromatic heterocycles. The van der Waals surface area contributed by atoms with E-state index in [9.17, 15) is 18.0 Å². The van der Waals surface area contributed by atoms with Crippen molar-refractivity contribution in [2.45, 2.75) is 20.0 Å². The number of hydrogen-bond acceptors (Lipinski definition) is 3. The van der Waals surface area contributed by atoms with Gasteiger partial charge in [-0.1, -0.05) is 0 Å². The first kappa shape index (κ1) is 13.3. The molecule has 0 fully saturated rings. The van der Waals surface area contributed by atoms with Crippen LogP contribution in [-0.2, 0) is 6.18 Å². The highest BCUT2D eigenvalue weighted by molar-refractivity contribution is 6.02. The number of carbonyl (C=O) groups is 1. The Bertz CT molecular complexity index is 441. The lowest BCUT2D eigenvalue weighted by molar-refractivity contribution is -0.136. The number of halogens is 3. The minimum atomic E-state index is -4.58. The van der Waals surface area contributed by atoms with Crippen molar-refractivity contribution in [1.82, 2.24) is 0 Å². The number of alkyl halides is 3. The van der Waals surface area contributed by atoms with Crippen molar-refractivity contribution in [3.8, 4) is 5.75 Å². The molecule has 2 N–H and O–H groups in total. The molecule has 0 aliphatic rings. The largest absolute Gasteiger partial charge is 0.493 e. The highest BCUT2D eigenvalue weighted by Gasteiger charge is 2.35. The number of ether oxygens (including phenoxy) is 1. The fourth-order valence-electron chi connectivity index (χ4n) is 1.49. The van der Waals surface area contributed by atoms with Crippen LogP contribution >= 0.6 is 0 Å². The van der Waals surface area contributed by atoms with Crippen molar-refractivity contribution in [1.29, 1.82) is 0 Å². The first-order valence-electron chi connectivity index (χ1n) is 4.92. The zero-order valence-electron chi connectivity index (χ0n) is 9.39. The van der Waals surface area contributed by atoms with Gasteiger partial charge in [0.25, 0.3) is 0 Å². The Labute approximate surface area is 96.4 Å². The molecule has 1 rings (SSSR count). The maximum atomic E-state index is 12.6. The van der Waals surface area contributed by atoms with Gasteiger partial charge >= 0.3 is 6.18 Å². The predicted molar refractivity (Wildman–Crippen MR) is 57.0 cm³/mol. The van der Waals surface area contributed by atoms with E-state index >= 15 is 0 Å². The first-order chi connectivity index (χ1) is 7.79. The molecular weight excluding hydrogens is 235 g/mol. The number of nitrogen functional groups attached to an aromatic ring is 1. The van der Waals surface area contributed by atoms with Gasteiger partial charge in [-0.2, -0.15) is 13.2 Å². The van der Waals surface area contributed by atoms with E-state index in [-0.39, 0.29) is 17.9 Å². The van der Waals surface area contributed by atoms with Gasteiger partial charge in [0.15, 0.2) is 5.78 Å². The molecule has 0 unspecified atom stereocenters. The summed E-state index contributed by atoms with van der Waals surface area (Å²) in [4.78, 5) is 11.3. The number of anilines is 1. The fourth-order valence-corrected chi connectivity index (χ4v) is 1.49. The van der Waals surface area contributed by atoms with Crippen molar-refractivity contribution in [2.24, 2.45) is 0 Å². The molecule has 0 aliphatic carbocycles. The van der Waals surface area contributed by atoms with Gasteiger partial charge in [-0.05, 0) is 26.0 Å². The van der Waals surface area contributed by atoms with Crippen LogP contribution in [0.1, 0.15) is 29.8 Å². The van der Waals surface area contributed by atoms with Gasteiger partial charge in [0, 0.05) is 0 Å². The van der Waals surface area contributed by atoms with Crippen molar-refractivity contribution in [2.75, 3.05) is 12.3 Å². The summed E-state index contributed by atoms with van der Waals surface area (Å²) in [5.74, 6) is -0.484. The summed E-state index contributed by atoms with van der Waals surface area (Å²) >= 11 is 0. The molecule has 0 amide bonds. The van der Waals surface area contributed by atoms with Crippen molar-refractivity contribution in [3.63, 3.8) is 0 Å². The molecular formula is C11H12F3NO2. The van der Waals surface area contributed by atoms with Gasteiger partial charge < -0.3 is 10.5 Å². The Kier molecular flexibility index (Phi) is 3.65. The van der Waals surface area contributed by atoms with E-state index in [2.05, 4.69) is 0 Å². The van der Waals surface area contributed by atoms with E-state index in [1.807, 2.05) is 0 Å². The Hall–Kier alpha value is -1.72. The Balaban J connectivity index is 3.44. The third-order valence-electron chi connectivity index (χ3n) is 2.16. The standard InChI is InChI=1S/C11H12F3NO2/c1-3-17-8-5-4-7(11(12,13)14)10(15)9(8)6(2)16/h4-5H,3,15H2,1-2H3. The summed E-state index contributed by atoms with van der Waals surface area (Å²) in [5, 5.41) is 0. The van der Waals surface area contributed by atoms with E-state index < -0.39 is 23.2 Å². The Morgan fingerprint density at radius 2 is 2.00 bits per heavy atom. The molecule has 1 aromatic rings. The molecule has 0 bridgehead atoms. The van der Waals surface area contributed by atoms with Gasteiger partial charge in [-0.25, -0.2) is 0 Å². The highest BCUT2D eigenvalue weighted by Crippen LogP contribution is 2.38. The summed E-state index contributed by atoms with van der Waals surface area (Å²) in [5.41, 5.74) is 3.55. The Morgan fingerprint density at radius 3 is 2.41 bits per heavy atom.